The van der Waals surface area contributed by atoms with Crippen LogP contribution >= 0.6 is 0 Å². The van der Waals surface area contributed by atoms with Crippen LogP contribution in [0.25, 0.3) is 0 Å². The maximum absolute atomic E-state index is 13.0. The number of hydrogen-bond donors (Lipinski definition) is 2. The van der Waals surface area contributed by atoms with Crippen molar-refractivity contribution in [2.45, 2.75) is 62.7 Å². The largest absolute Gasteiger partial charge is 0.507 e. The molecule has 0 aliphatic heterocycles. The Hall–Kier alpha value is -3.57. The first-order valence-corrected chi connectivity index (χ1v) is 13.3. The van der Waals surface area contributed by atoms with Crippen LogP contribution in [0, 0.1) is 11.3 Å². The van der Waals surface area contributed by atoms with Gasteiger partial charge in [-0.15, -0.1) is 0 Å². The molecule has 2 aromatic carbocycles. The van der Waals surface area contributed by atoms with Crippen molar-refractivity contribution < 1.29 is 17.9 Å². The van der Waals surface area contributed by atoms with E-state index in [1.165, 1.54) is 24.3 Å². The van der Waals surface area contributed by atoms with Crippen molar-refractivity contribution in [3.63, 3.8) is 0 Å². The Morgan fingerprint density at radius 2 is 1.80 bits per heavy atom. The van der Waals surface area contributed by atoms with Crippen LogP contribution in [0.4, 0.5) is 5.69 Å². The lowest BCUT2D eigenvalue weighted by Gasteiger charge is -2.21. The second-order valence-corrected chi connectivity index (χ2v) is 10.5. The van der Waals surface area contributed by atoms with Gasteiger partial charge in [0.2, 0.25) is 0 Å². The van der Waals surface area contributed by atoms with Crippen molar-refractivity contribution in [3.8, 4) is 11.8 Å². The molecule has 3 aromatic rings. The molecule has 0 fully saturated rings. The summed E-state index contributed by atoms with van der Waals surface area (Å²) >= 11 is 0. The summed E-state index contributed by atoms with van der Waals surface area (Å²) in [7, 11) is -3.88. The van der Waals surface area contributed by atoms with Gasteiger partial charge in [0.05, 0.1) is 22.1 Å². The van der Waals surface area contributed by atoms with Gasteiger partial charge in [-0.2, -0.15) is 5.26 Å². The van der Waals surface area contributed by atoms with E-state index in [9.17, 15) is 18.3 Å². The molecule has 0 spiro atoms. The summed E-state index contributed by atoms with van der Waals surface area (Å²) in [5, 5.41) is 20.1. The smallest absolute Gasteiger partial charge is 0.343 e. The third kappa shape index (κ3) is 5.25. The van der Waals surface area contributed by atoms with Crippen LogP contribution in [0.5, 0.6) is 5.75 Å². The summed E-state index contributed by atoms with van der Waals surface area (Å²) in [6, 6.07) is 14.4. The van der Waals surface area contributed by atoms with Gasteiger partial charge in [-0.3, -0.25) is 4.72 Å². The minimum atomic E-state index is -3.88. The van der Waals surface area contributed by atoms with Crippen LogP contribution in [-0.2, 0) is 22.9 Å². The van der Waals surface area contributed by atoms with Crippen molar-refractivity contribution in [2.24, 2.45) is 0 Å². The monoisotopic (exact) mass is 492 g/mol. The minimum absolute atomic E-state index is 0.00793. The second-order valence-electron chi connectivity index (χ2n) is 8.80. The Morgan fingerprint density at radius 1 is 1.09 bits per heavy atom. The molecular formula is C27H28N2O5S. The molecule has 0 saturated carbocycles. The van der Waals surface area contributed by atoms with Gasteiger partial charge in [0.25, 0.3) is 10.0 Å². The van der Waals surface area contributed by atoms with Crippen LogP contribution < -0.4 is 10.3 Å². The number of aromatic hydroxyl groups is 1. The molecule has 1 aromatic heterocycles. The molecule has 1 aliphatic rings. The first kappa shape index (κ1) is 24.6. The maximum atomic E-state index is 13.0. The Balaban J connectivity index is 1.68. The number of anilines is 1. The first-order chi connectivity index (χ1) is 16.8. The zero-order valence-corrected chi connectivity index (χ0v) is 20.4. The van der Waals surface area contributed by atoms with Gasteiger partial charge in [-0.25, -0.2) is 13.2 Å². The van der Waals surface area contributed by atoms with Crippen molar-refractivity contribution in [3.05, 3.63) is 87.0 Å². The van der Waals surface area contributed by atoms with Crippen LogP contribution in [0.1, 0.15) is 73.0 Å². The predicted molar refractivity (Wildman–Crippen MR) is 133 cm³/mol. The Labute approximate surface area is 205 Å². The Morgan fingerprint density at radius 3 is 2.49 bits per heavy atom. The van der Waals surface area contributed by atoms with Crippen molar-refractivity contribution in [2.75, 3.05) is 4.72 Å². The highest BCUT2D eigenvalue weighted by atomic mass is 32.2. The summed E-state index contributed by atoms with van der Waals surface area (Å²) in [6.45, 7) is 1.91. The van der Waals surface area contributed by atoms with Crippen molar-refractivity contribution in [1.29, 1.82) is 5.26 Å². The van der Waals surface area contributed by atoms with Crippen LogP contribution in [0.15, 0.2) is 62.6 Å². The first-order valence-electron chi connectivity index (χ1n) is 11.8. The zero-order valence-electron chi connectivity index (χ0n) is 19.6. The Kier molecular flexibility index (Phi) is 7.27. The summed E-state index contributed by atoms with van der Waals surface area (Å²) in [6.07, 6.45) is 5.83. The number of fused-ring (bicyclic) bond motifs is 1. The quantitative estimate of drug-likeness (QED) is 0.487. The van der Waals surface area contributed by atoms with Gasteiger partial charge >= 0.3 is 5.63 Å². The van der Waals surface area contributed by atoms with Gasteiger partial charge < -0.3 is 9.52 Å². The summed E-state index contributed by atoms with van der Waals surface area (Å²) in [5.74, 6) is 0.129. The van der Waals surface area contributed by atoms with Gasteiger partial charge in [-0.1, -0.05) is 31.9 Å². The van der Waals surface area contributed by atoms with E-state index in [-0.39, 0.29) is 16.2 Å². The minimum Gasteiger partial charge on any atom is -0.507 e. The second kappa shape index (κ2) is 10.4. The van der Waals surface area contributed by atoms with Gasteiger partial charge in [0.1, 0.15) is 11.5 Å². The van der Waals surface area contributed by atoms with Crippen LogP contribution in [0.2, 0.25) is 0 Å². The number of benzene rings is 2. The summed E-state index contributed by atoms with van der Waals surface area (Å²) in [4.78, 5) is 13.0. The highest BCUT2D eigenvalue weighted by molar-refractivity contribution is 7.92. The number of hydrogen-bond acceptors (Lipinski definition) is 6. The maximum Gasteiger partial charge on any atom is 0.343 e. The van der Waals surface area contributed by atoms with Gasteiger partial charge in [0, 0.05) is 23.6 Å². The number of nitrogens with one attached hydrogen (secondary N) is 1. The van der Waals surface area contributed by atoms with Crippen LogP contribution in [-0.4, -0.2) is 13.5 Å². The molecule has 4 rings (SSSR count). The van der Waals surface area contributed by atoms with E-state index in [1.54, 1.807) is 18.2 Å². The van der Waals surface area contributed by atoms with Crippen LogP contribution in [0.3, 0.4) is 0 Å². The average Bonchev–Trinajstić information content (AvgIpc) is 2.83. The normalized spacial score (nSPS) is 14.7. The SMILES string of the molecule is CCC(c1cccc(NS(=O)(=O)c2ccc(C#N)cc2)c1)c1c(O)c2c(oc1=O)CCCCCC2. The standard InChI is InChI=1S/C27H28N2O5S/c1-2-22(25-26(30)23-10-5-3-4-6-11-24(23)34-27(25)31)19-8-7-9-20(16-19)29-35(32,33)21-14-12-18(17-28)13-15-21/h7-9,12-16,22,29-30H,2-6,10-11H2,1H3. The lowest BCUT2D eigenvalue weighted by molar-refractivity contribution is 0.384. The van der Waals surface area contributed by atoms with E-state index < -0.39 is 21.6 Å². The number of nitriles is 1. The number of sulfonamides is 1. The lowest BCUT2D eigenvalue weighted by Crippen LogP contribution is -2.18. The third-order valence-corrected chi connectivity index (χ3v) is 7.88. The fourth-order valence-corrected chi connectivity index (χ4v) is 5.73. The molecule has 2 N–H and O–H groups in total. The van der Waals surface area contributed by atoms with Crippen molar-refractivity contribution >= 4 is 15.7 Å². The molecule has 1 atom stereocenters. The van der Waals surface area contributed by atoms with E-state index in [1.807, 2.05) is 19.1 Å². The molecule has 7 nitrogen and oxygen atoms in total. The fourth-order valence-electron chi connectivity index (χ4n) is 4.68. The average molecular weight is 493 g/mol. The molecule has 0 radical (unpaired) electrons. The number of nitrogens with zero attached hydrogens (tertiary/aromatic N) is 1. The van der Waals surface area contributed by atoms with Gasteiger partial charge in [-0.05, 0) is 67.6 Å². The molecular weight excluding hydrogens is 464 g/mol. The van der Waals surface area contributed by atoms with E-state index >= 15 is 0 Å². The predicted octanol–water partition coefficient (Wildman–Crippen LogP) is 5.22. The number of aryl methyl sites for hydroxylation is 1. The molecule has 0 saturated heterocycles. The molecule has 0 bridgehead atoms. The molecule has 1 aliphatic carbocycles. The van der Waals surface area contributed by atoms with E-state index in [0.717, 1.165) is 31.2 Å². The van der Waals surface area contributed by atoms with Gasteiger partial charge in [0.15, 0.2) is 0 Å². The summed E-state index contributed by atoms with van der Waals surface area (Å²) < 4.78 is 34.0. The molecule has 8 heteroatoms. The van der Waals surface area contributed by atoms with E-state index in [4.69, 9.17) is 9.68 Å². The van der Waals surface area contributed by atoms with E-state index in [2.05, 4.69) is 4.72 Å². The number of rotatable bonds is 6. The Bertz CT molecular complexity index is 1420. The molecule has 182 valence electrons. The van der Waals surface area contributed by atoms with Crippen molar-refractivity contribution in [1.82, 2.24) is 0 Å². The lowest BCUT2D eigenvalue weighted by atomic mass is 9.87. The fraction of sp³-hybridized carbons (Fsp3) is 0.333. The van der Waals surface area contributed by atoms with E-state index in [0.29, 0.717) is 41.8 Å². The highest BCUT2D eigenvalue weighted by Crippen LogP contribution is 2.37. The molecule has 0 amide bonds. The molecule has 1 unspecified atom stereocenters. The third-order valence-electron chi connectivity index (χ3n) is 6.49. The summed E-state index contributed by atoms with van der Waals surface area (Å²) in [5.41, 5.74) is 1.79. The molecule has 35 heavy (non-hydrogen) atoms. The molecule has 1 heterocycles. The topological polar surface area (TPSA) is 120 Å². The zero-order chi connectivity index (χ0) is 25.0. The highest BCUT2D eigenvalue weighted by Gasteiger charge is 2.27.